The van der Waals surface area contributed by atoms with Gasteiger partial charge in [0.25, 0.3) is 0 Å². The first kappa shape index (κ1) is 15.8. The Morgan fingerprint density at radius 3 is 2.65 bits per heavy atom. The molecule has 0 aromatic rings. The van der Waals surface area contributed by atoms with Crippen molar-refractivity contribution in [1.29, 1.82) is 5.26 Å². The minimum atomic E-state index is -0.389. The molecule has 0 spiro atoms. The van der Waals surface area contributed by atoms with Crippen molar-refractivity contribution in [3.8, 4) is 6.07 Å². The first-order valence-electron chi connectivity index (χ1n) is 8.22. The largest absolute Gasteiger partial charge is 0.300 e. The van der Waals surface area contributed by atoms with Crippen molar-refractivity contribution in [3.63, 3.8) is 0 Å². The molecule has 0 saturated carbocycles. The average Bonchev–Trinajstić information content (AvgIpc) is 3.09. The molecule has 1 N–H and O–H groups in total. The molecule has 20 heavy (non-hydrogen) atoms. The number of hydrogen-bond acceptors (Lipinski definition) is 4. The second kappa shape index (κ2) is 6.89. The third-order valence-electron chi connectivity index (χ3n) is 4.99. The summed E-state index contributed by atoms with van der Waals surface area (Å²) in [6.07, 6.45) is 4.96. The van der Waals surface area contributed by atoms with Crippen molar-refractivity contribution in [2.45, 2.75) is 64.1 Å². The van der Waals surface area contributed by atoms with Gasteiger partial charge in [0.05, 0.1) is 6.07 Å². The monoisotopic (exact) mass is 278 g/mol. The quantitative estimate of drug-likeness (QED) is 0.805. The van der Waals surface area contributed by atoms with Gasteiger partial charge in [-0.15, -0.1) is 0 Å². The average molecular weight is 278 g/mol. The molecule has 0 aliphatic carbocycles. The molecule has 4 nitrogen and oxygen atoms in total. The fourth-order valence-electron chi connectivity index (χ4n) is 3.84. The summed E-state index contributed by atoms with van der Waals surface area (Å²) in [6, 6.07) is 3.69. The van der Waals surface area contributed by atoms with E-state index in [4.69, 9.17) is 0 Å². The van der Waals surface area contributed by atoms with Crippen LogP contribution < -0.4 is 5.32 Å². The zero-order valence-electron chi connectivity index (χ0n) is 13.4. The molecule has 0 aromatic carbocycles. The van der Waals surface area contributed by atoms with Crippen LogP contribution in [0.3, 0.4) is 0 Å². The summed E-state index contributed by atoms with van der Waals surface area (Å²) in [4.78, 5) is 5.25. The van der Waals surface area contributed by atoms with Crippen molar-refractivity contribution in [3.05, 3.63) is 0 Å². The number of nitrogens with one attached hydrogen (secondary N) is 1. The van der Waals surface area contributed by atoms with Crippen LogP contribution in [-0.4, -0.2) is 60.1 Å². The lowest BCUT2D eigenvalue weighted by atomic mass is 9.94. The van der Waals surface area contributed by atoms with Gasteiger partial charge in [-0.25, -0.2) is 0 Å². The van der Waals surface area contributed by atoms with Crippen LogP contribution in [0.4, 0.5) is 0 Å². The highest BCUT2D eigenvalue weighted by Gasteiger charge is 2.34. The van der Waals surface area contributed by atoms with E-state index in [-0.39, 0.29) is 5.54 Å². The van der Waals surface area contributed by atoms with E-state index in [2.05, 4.69) is 35.0 Å². The first-order valence-corrected chi connectivity index (χ1v) is 8.22. The highest BCUT2D eigenvalue weighted by atomic mass is 15.3. The van der Waals surface area contributed by atoms with Crippen LogP contribution in [-0.2, 0) is 0 Å². The normalized spacial score (nSPS) is 29.2. The molecule has 2 rings (SSSR count). The topological polar surface area (TPSA) is 42.3 Å². The van der Waals surface area contributed by atoms with Gasteiger partial charge in [-0.05, 0) is 59.2 Å². The second-order valence-electron chi connectivity index (χ2n) is 6.71. The molecular formula is C16H30N4. The van der Waals surface area contributed by atoms with E-state index in [0.717, 1.165) is 19.0 Å². The predicted octanol–water partition coefficient (Wildman–Crippen LogP) is 1.83. The van der Waals surface area contributed by atoms with E-state index >= 15 is 0 Å². The second-order valence-corrected chi connectivity index (χ2v) is 6.71. The van der Waals surface area contributed by atoms with Crippen LogP contribution in [0.25, 0.3) is 0 Å². The first-order chi connectivity index (χ1) is 9.58. The number of nitrogens with zero attached hydrogens (tertiary/aromatic N) is 3. The Bertz CT molecular complexity index is 345. The van der Waals surface area contributed by atoms with E-state index in [1.807, 2.05) is 6.92 Å². The van der Waals surface area contributed by atoms with Gasteiger partial charge in [-0.1, -0.05) is 6.92 Å². The molecule has 2 heterocycles. The maximum atomic E-state index is 9.39. The van der Waals surface area contributed by atoms with Gasteiger partial charge < -0.3 is 0 Å². The van der Waals surface area contributed by atoms with E-state index in [1.165, 1.54) is 45.4 Å². The van der Waals surface area contributed by atoms with Crippen LogP contribution in [0.15, 0.2) is 0 Å². The molecule has 2 saturated heterocycles. The van der Waals surface area contributed by atoms with Crippen molar-refractivity contribution >= 4 is 0 Å². The molecule has 0 radical (unpaired) electrons. The van der Waals surface area contributed by atoms with Crippen molar-refractivity contribution in [1.82, 2.24) is 15.1 Å². The molecule has 3 unspecified atom stereocenters. The fraction of sp³-hybridized carbons (Fsp3) is 0.938. The Morgan fingerprint density at radius 1 is 1.35 bits per heavy atom. The van der Waals surface area contributed by atoms with Crippen LogP contribution >= 0.6 is 0 Å². The maximum absolute atomic E-state index is 9.39. The summed E-state index contributed by atoms with van der Waals surface area (Å²) in [5.74, 6) is 0. The Balaban J connectivity index is 1.84. The standard InChI is InChI=1S/C16H30N4/c1-4-18-16(3,13-17)11-14(2)20-10-7-15(12-20)19-8-5-6-9-19/h14-15,18H,4-12H2,1-3H3. The maximum Gasteiger partial charge on any atom is 0.105 e. The molecule has 2 aliphatic rings. The van der Waals surface area contributed by atoms with Gasteiger partial charge in [-0.2, -0.15) is 5.26 Å². The van der Waals surface area contributed by atoms with Crippen LogP contribution in [0.2, 0.25) is 0 Å². The van der Waals surface area contributed by atoms with Crippen LogP contribution in [0.1, 0.15) is 46.5 Å². The van der Waals surface area contributed by atoms with Gasteiger partial charge in [0.2, 0.25) is 0 Å². The lowest BCUT2D eigenvalue weighted by Gasteiger charge is -2.32. The van der Waals surface area contributed by atoms with Gasteiger partial charge in [0, 0.05) is 25.2 Å². The minimum absolute atomic E-state index is 0.389. The van der Waals surface area contributed by atoms with Gasteiger partial charge in [-0.3, -0.25) is 15.1 Å². The van der Waals surface area contributed by atoms with Crippen LogP contribution in [0, 0.1) is 11.3 Å². The molecule has 0 amide bonds. The van der Waals surface area contributed by atoms with Crippen molar-refractivity contribution in [2.24, 2.45) is 0 Å². The fourth-order valence-corrected chi connectivity index (χ4v) is 3.84. The van der Waals surface area contributed by atoms with Crippen molar-refractivity contribution in [2.75, 3.05) is 32.7 Å². The smallest absolute Gasteiger partial charge is 0.105 e. The zero-order valence-corrected chi connectivity index (χ0v) is 13.4. The molecule has 0 bridgehead atoms. The van der Waals surface area contributed by atoms with E-state index in [9.17, 15) is 5.26 Å². The Hall–Kier alpha value is -0.630. The Labute approximate surface area is 124 Å². The summed E-state index contributed by atoms with van der Waals surface area (Å²) in [6.45, 7) is 12.2. The summed E-state index contributed by atoms with van der Waals surface area (Å²) in [7, 11) is 0. The molecule has 114 valence electrons. The number of likely N-dealkylation sites (tertiary alicyclic amines) is 2. The summed E-state index contributed by atoms with van der Waals surface area (Å²) in [5, 5.41) is 12.7. The predicted molar refractivity (Wildman–Crippen MR) is 82.6 cm³/mol. The highest BCUT2D eigenvalue weighted by Crippen LogP contribution is 2.24. The van der Waals surface area contributed by atoms with Gasteiger partial charge in [0.1, 0.15) is 5.54 Å². The molecular weight excluding hydrogens is 248 g/mol. The lowest BCUT2D eigenvalue weighted by molar-refractivity contribution is 0.185. The summed E-state index contributed by atoms with van der Waals surface area (Å²) >= 11 is 0. The summed E-state index contributed by atoms with van der Waals surface area (Å²) < 4.78 is 0. The molecule has 0 aromatic heterocycles. The highest BCUT2D eigenvalue weighted by molar-refractivity contribution is 5.05. The molecule has 3 atom stereocenters. The Kier molecular flexibility index (Phi) is 5.42. The van der Waals surface area contributed by atoms with E-state index < -0.39 is 0 Å². The van der Waals surface area contributed by atoms with Gasteiger partial charge >= 0.3 is 0 Å². The molecule has 2 aliphatic heterocycles. The third-order valence-corrected chi connectivity index (χ3v) is 4.99. The SMILES string of the molecule is CCNC(C)(C#N)CC(C)N1CCC(N2CCCC2)C1. The molecule has 2 fully saturated rings. The van der Waals surface area contributed by atoms with Gasteiger partial charge in [0.15, 0.2) is 0 Å². The number of rotatable bonds is 6. The minimum Gasteiger partial charge on any atom is -0.300 e. The summed E-state index contributed by atoms with van der Waals surface area (Å²) in [5.41, 5.74) is -0.389. The number of nitriles is 1. The van der Waals surface area contributed by atoms with E-state index in [1.54, 1.807) is 0 Å². The number of hydrogen-bond donors (Lipinski definition) is 1. The third kappa shape index (κ3) is 3.72. The van der Waals surface area contributed by atoms with Crippen LogP contribution in [0.5, 0.6) is 0 Å². The molecule has 4 heteroatoms. The van der Waals surface area contributed by atoms with Crippen molar-refractivity contribution < 1.29 is 0 Å². The Morgan fingerprint density at radius 2 is 2.05 bits per heavy atom. The van der Waals surface area contributed by atoms with E-state index in [0.29, 0.717) is 6.04 Å². The zero-order chi connectivity index (χ0) is 14.6. The lowest BCUT2D eigenvalue weighted by Crippen LogP contribution is -2.47.